The summed E-state index contributed by atoms with van der Waals surface area (Å²) < 4.78 is 0. The van der Waals surface area contributed by atoms with Gasteiger partial charge in [-0.25, -0.2) is 0 Å². The molecule has 0 saturated carbocycles. The van der Waals surface area contributed by atoms with Crippen LogP contribution < -0.4 is 0 Å². The second-order valence-electron chi connectivity index (χ2n) is 4.88. The monoisotopic (exact) mass is 270 g/mol. The number of unbranched alkanes of at least 4 members (excludes halogenated alkanes) is 7. The van der Waals surface area contributed by atoms with E-state index in [0.717, 1.165) is 19.3 Å². The summed E-state index contributed by atoms with van der Waals surface area (Å²) in [5.74, 6) is -3.05. The Labute approximate surface area is 115 Å². The van der Waals surface area contributed by atoms with Gasteiger partial charge in [-0.05, 0) is 12.8 Å². The average molecular weight is 270 g/mol. The van der Waals surface area contributed by atoms with Gasteiger partial charge in [0, 0.05) is 0 Å². The number of carboxylic acids is 2. The third-order valence-corrected chi connectivity index (χ3v) is 3.05. The number of carbonyl (C=O) groups is 2. The van der Waals surface area contributed by atoms with Gasteiger partial charge in [0.15, 0.2) is 0 Å². The molecule has 0 bridgehead atoms. The van der Waals surface area contributed by atoms with Crippen molar-refractivity contribution in [2.24, 2.45) is 5.92 Å². The minimum absolute atomic E-state index is 0.344. The Kier molecular flexibility index (Phi) is 10.9. The molecule has 0 aromatic heterocycles. The van der Waals surface area contributed by atoms with Gasteiger partial charge in [0.1, 0.15) is 0 Å². The van der Waals surface area contributed by atoms with Crippen molar-refractivity contribution in [1.29, 1.82) is 0 Å². The minimum atomic E-state index is -1.08. The van der Waals surface area contributed by atoms with Gasteiger partial charge in [-0.15, -0.1) is 0 Å². The lowest BCUT2D eigenvalue weighted by Crippen LogP contribution is -2.15. The van der Waals surface area contributed by atoms with Crippen molar-refractivity contribution in [3.05, 3.63) is 12.2 Å². The van der Waals surface area contributed by atoms with Crippen LogP contribution in [-0.2, 0) is 9.59 Å². The molecule has 0 radical (unpaired) electrons. The van der Waals surface area contributed by atoms with Crippen LogP contribution in [0.25, 0.3) is 0 Å². The molecule has 0 aliphatic rings. The van der Waals surface area contributed by atoms with Crippen LogP contribution in [0.3, 0.4) is 0 Å². The predicted molar refractivity (Wildman–Crippen MR) is 75.1 cm³/mol. The van der Waals surface area contributed by atoms with Gasteiger partial charge in [-0.2, -0.15) is 0 Å². The zero-order valence-corrected chi connectivity index (χ0v) is 11.8. The molecule has 0 heterocycles. The first-order chi connectivity index (χ1) is 9.07. The number of hydrogen-bond donors (Lipinski definition) is 2. The molecule has 0 spiro atoms. The van der Waals surface area contributed by atoms with E-state index in [1.165, 1.54) is 38.2 Å². The highest BCUT2D eigenvalue weighted by molar-refractivity contribution is 5.79. The Morgan fingerprint density at radius 2 is 1.58 bits per heavy atom. The predicted octanol–water partition coefficient (Wildman–Crippen LogP) is 3.86. The van der Waals surface area contributed by atoms with Crippen LogP contribution >= 0.6 is 0 Å². The maximum Gasteiger partial charge on any atom is 0.310 e. The highest BCUT2D eigenvalue weighted by Crippen LogP contribution is 2.10. The van der Waals surface area contributed by atoms with Gasteiger partial charge >= 0.3 is 11.9 Å². The summed E-state index contributed by atoms with van der Waals surface area (Å²) in [6, 6.07) is 0. The third kappa shape index (κ3) is 11.5. The Balaban J connectivity index is 3.64. The van der Waals surface area contributed by atoms with Crippen LogP contribution in [0.2, 0.25) is 0 Å². The van der Waals surface area contributed by atoms with Gasteiger partial charge in [0.05, 0.1) is 12.3 Å². The Morgan fingerprint density at radius 1 is 1.00 bits per heavy atom. The zero-order valence-electron chi connectivity index (χ0n) is 11.8. The first kappa shape index (κ1) is 17.7. The molecule has 0 aromatic carbocycles. The van der Waals surface area contributed by atoms with E-state index in [2.05, 4.69) is 6.92 Å². The van der Waals surface area contributed by atoms with Crippen molar-refractivity contribution < 1.29 is 19.8 Å². The Bertz CT molecular complexity index is 284. The molecule has 110 valence electrons. The summed E-state index contributed by atoms with van der Waals surface area (Å²) in [4.78, 5) is 21.3. The summed E-state index contributed by atoms with van der Waals surface area (Å²) in [7, 11) is 0. The zero-order chi connectivity index (χ0) is 14.5. The van der Waals surface area contributed by atoms with Crippen molar-refractivity contribution in [3.63, 3.8) is 0 Å². The van der Waals surface area contributed by atoms with E-state index in [9.17, 15) is 9.59 Å². The summed E-state index contributed by atoms with van der Waals surface area (Å²) in [5, 5.41) is 17.4. The van der Waals surface area contributed by atoms with Crippen molar-refractivity contribution in [3.8, 4) is 0 Å². The molecule has 0 fully saturated rings. The molecule has 4 heteroatoms. The van der Waals surface area contributed by atoms with Crippen molar-refractivity contribution in [2.75, 3.05) is 0 Å². The highest BCUT2D eigenvalue weighted by Gasteiger charge is 2.17. The summed E-state index contributed by atoms with van der Waals surface area (Å²) in [6.45, 7) is 2.20. The van der Waals surface area contributed by atoms with E-state index in [1.54, 1.807) is 6.08 Å². The van der Waals surface area contributed by atoms with E-state index in [1.807, 2.05) is 0 Å². The fourth-order valence-corrected chi connectivity index (χ4v) is 1.91. The van der Waals surface area contributed by atoms with Crippen molar-refractivity contribution >= 4 is 11.9 Å². The maximum atomic E-state index is 10.8. The highest BCUT2D eigenvalue weighted by atomic mass is 16.4. The number of carboxylic acid groups (broad SMARTS) is 2. The van der Waals surface area contributed by atoms with E-state index in [4.69, 9.17) is 10.2 Å². The van der Waals surface area contributed by atoms with Gasteiger partial charge in [0.2, 0.25) is 0 Å². The molecular weight excluding hydrogens is 244 g/mol. The summed E-state index contributed by atoms with van der Waals surface area (Å²) in [6.07, 6.45) is 12.3. The normalized spacial score (nSPS) is 12.7. The molecule has 0 aromatic rings. The quantitative estimate of drug-likeness (QED) is 0.417. The molecule has 0 unspecified atom stereocenters. The number of aliphatic carboxylic acids is 2. The van der Waals surface area contributed by atoms with E-state index < -0.39 is 17.9 Å². The molecule has 2 N–H and O–H groups in total. The average Bonchev–Trinajstić information content (AvgIpc) is 2.34. The fourth-order valence-electron chi connectivity index (χ4n) is 1.91. The largest absolute Gasteiger partial charge is 0.481 e. The van der Waals surface area contributed by atoms with Crippen LogP contribution in [0.15, 0.2) is 12.2 Å². The topological polar surface area (TPSA) is 74.6 Å². The Morgan fingerprint density at radius 3 is 2.11 bits per heavy atom. The van der Waals surface area contributed by atoms with Gasteiger partial charge in [-0.1, -0.05) is 57.6 Å². The minimum Gasteiger partial charge on any atom is -0.481 e. The molecule has 0 aliphatic heterocycles. The van der Waals surface area contributed by atoms with Crippen LogP contribution in [0.5, 0.6) is 0 Å². The number of allylic oxidation sites excluding steroid dienone is 1. The van der Waals surface area contributed by atoms with Crippen LogP contribution in [-0.4, -0.2) is 22.2 Å². The van der Waals surface area contributed by atoms with E-state index >= 15 is 0 Å². The molecule has 0 saturated heterocycles. The molecule has 1 atom stereocenters. The summed E-state index contributed by atoms with van der Waals surface area (Å²) >= 11 is 0. The molecule has 19 heavy (non-hydrogen) atoms. The van der Waals surface area contributed by atoms with Crippen molar-refractivity contribution in [1.82, 2.24) is 0 Å². The van der Waals surface area contributed by atoms with Crippen LogP contribution in [0.4, 0.5) is 0 Å². The molecule has 0 amide bonds. The summed E-state index contributed by atoms with van der Waals surface area (Å²) in [5.41, 5.74) is 0. The maximum absolute atomic E-state index is 10.8. The molecule has 0 aliphatic carbocycles. The fraction of sp³-hybridized carbons (Fsp3) is 0.733. The first-order valence-electron chi connectivity index (χ1n) is 7.19. The van der Waals surface area contributed by atoms with E-state index in [0.29, 0.717) is 0 Å². The third-order valence-electron chi connectivity index (χ3n) is 3.05. The molecular formula is C15H26O4. The second-order valence-corrected chi connectivity index (χ2v) is 4.88. The van der Waals surface area contributed by atoms with Crippen LogP contribution in [0.1, 0.15) is 64.7 Å². The lowest BCUT2D eigenvalue weighted by Gasteiger charge is -2.03. The van der Waals surface area contributed by atoms with Crippen molar-refractivity contribution in [2.45, 2.75) is 64.7 Å². The number of rotatable bonds is 12. The number of hydrogen-bond acceptors (Lipinski definition) is 2. The Hall–Kier alpha value is -1.32. The second kappa shape index (κ2) is 11.8. The van der Waals surface area contributed by atoms with Gasteiger partial charge in [-0.3, -0.25) is 9.59 Å². The SMILES string of the molecule is CCCCCCCCC/C=C/[C@H](CC(=O)O)C(=O)O. The lowest BCUT2D eigenvalue weighted by molar-refractivity contribution is -0.146. The lowest BCUT2D eigenvalue weighted by atomic mass is 10.0. The molecule has 4 nitrogen and oxygen atoms in total. The van der Waals surface area contributed by atoms with Crippen LogP contribution in [0, 0.1) is 5.92 Å². The molecule has 0 rings (SSSR count). The van der Waals surface area contributed by atoms with E-state index in [-0.39, 0.29) is 6.42 Å². The van der Waals surface area contributed by atoms with Gasteiger partial charge < -0.3 is 10.2 Å². The first-order valence-corrected chi connectivity index (χ1v) is 7.19. The van der Waals surface area contributed by atoms with Gasteiger partial charge in [0.25, 0.3) is 0 Å². The smallest absolute Gasteiger partial charge is 0.310 e. The standard InChI is InChI=1S/C15H26O4/c1-2-3-4-5-6-7-8-9-10-11-13(15(18)19)12-14(16)17/h10-11,13H,2-9,12H2,1H3,(H,16,17)(H,18,19)/b11-10+/t13-/m1/s1.